The Morgan fingerprint density at radius 2 is 1.95 bits per heavy atom. The molecule has 4 heteroatoms. The molecule has 1 atom stereocenters. The van der Waals surface area contributed by atoms with Crippen LogP contribution in [0.3, 0.4) is 0 Å². The minimum Gasteiger partial charge on any atom is -0.339 e. The first-order chi connectivity index (χ1) is 9.19. The second kappa shape index (κ2) is 6.48. The van der Waals surface area contributed by atoms with E-state index in [9.17, 15) is 0 Å². The molecule has 0 saturated carbocycles. The number of hydrogen-bond acceptors (Lipinski definition) is 4. The normalized spacial score (nSPS) is 12.8. The second-order valence-electron chi connectivity index (χ2n) is 5.11. The number of hydrogen-bond donors (Lipinski definition) is 1. The Labute approximate surface area is 114 Å². The summed E-state index contributed by atoms with van der Waals surface area (Å²) < 4.78 is 5.32. The summed E-state index contributed by atoms with van der Waals surface area (Å²) in [7, 11) is 1.96. The molecular weight excluding hydrogens is 238 g/mol. The number of rotatable bonds is 6. The fourth-order valence-corrected chi connectivity index (χ4v) is 2.08. The second-order valence-corrected chi connectivity index (χ2v) is 5.11. The lowest BCUT2D eigenvalue weighted by atomic mass is 10.0. The third kappa shape index (κ3) is 3.89. The van der Waals surface area contributed by atoms with E-state index in [0.29, 0.717) is 17.9 Å². The molecule has 0 saturated heterocycles. The molecule has 0 spiro atoms. The van der Waals surface area contributed by atoms with Crippen molar-refractivity contribution >= 4 is 0 Å². The third-order valence-electron chi connectivity index (χ3n) is 3.29. The molecule has 1 unspecified atom stereocenters. The molecule has 0 bridgehead atoms. The van der Waals surface area contributed by atoms with Gasteiger partial charge in [0, 0.05) is 18.9 Å². The highest BCUT2D eigenvalue weighted by Crippen LogP contribution is 2.10. The van der Waals surface area contributed by atoms with E-state index >= 15 is 0 Å². The lowest BCUT2D eigenvalue weighted by Gasteiger charge is -2.17. The van der Waals surface area contributed by atoms with Crippen LogP contribution in [-0.4, -0.2) is 23.2 Å². The van der Waals surface area contributed by atoms with Crippen molar-refractivity contribution in [2.75, 3.05) is 7.05 Å². The van der Waals surface area contributed by atoms with E-state index in [4.69, 9.17) is 4.52 Å². The molecule has 2 rings (SSSR count). The van der Waals surface area contributed by atoms with Gasteiger partial charge in [0.15, 0.2) is 5.82 Å². The van der Waals surface area contributed by atoms with Crippen LogP contribution in [0, 0.1) is 5.92 Å². The lowest BCUT2D eigenvalue weighted by molar-refractivity contribution is 0.333. The summed E-state index contributed by atoms with van der Waals surface area (Å²) in [6.45, 7) is 4.37. The quantitative estimate of drug-likeness (QED) is 0.865. The molecule has 102 valence electrons. The van der Waals surface area contributed by atoms with Gasteiger partial charge < -0.3 is 9.84 Å². The Morgan fingerprint density at radius 1 is 1.21 bits per heavy atom. The average Bonchev–Trinajstić information content (AvgIpc) is 2.84. The molecule has 1 aromatic carbocycles. The van der Waals surface area contributed by atoms with Gasteiger partial charge in [-0.25, -0.2) is 0 Å². The summed E-state index contributed by atoms with van der Waals surface area (Å²) in [5.41, 5.74) is 1.20. The van der Waals surface area contributed by atoms with Crippen molar-refractivity contribution in [3.05, 3.63) is 47.6 Å². The average molecular weight is 259 g/mol. The number of likely N-dealkylation sites (N-methyl/N-ethyl adjacent to an activating group) is 1. The van der Waals surface area contributed by atoms with Crippen LogP contribution in [0.25, 0.3) is 0 Å². The summed E-state index contributed by atoms with van der Waals surface area (Å²) in [5, 5.41) is 7.33. The van der Waals surface area contributed by atoms with Crippen molar-refractivity contribution < 1.29 is 4.52 Å². The summed E-state index contributed by atoms with van der Waals surface area (Å²) in [5.74, 6) is 1.99. The molecule has 1 aromatic heterocycles. The largest absolute Gasteiger partial charge is 0.339 e. The molecule has 0 fully saturated rings. The predicted molar refractivity (Wildman–Crippen MR) is 74.9 cm³/mol. The first kappa shape index (κ1) is 13.7. The maximum Gasteiger partial charge on any atom is 0.228 e. The minimum atomic E-state index is 0.366. The van der Waals surface area contributed by atoms with Gasteiger partial charge in [-0.05, 0) is 18.5 Å². The van der Waals surface area contributed by atoms with Crippen molar-refractivity contribution in [3.63, 3.8) is 0 Å². The minimum absolute atomic E-state index is 0.366. The number of nitrogens with one attached hydrogen (secondary N) is 1. The third-order valence-corrected chi connectivity index (χ3v) is 3.29. The van der Waals surface area contributed by atoms with E-state index in [2.05, 4.69) is 41.4 Å². The Kier molecular flexibility index (Phi) is 4.68. The van der Waals surface area contributed by atoms with Gasteiger partial charge in [0.2, 0.25) is 5.89 Å². The number of nitrogens with zero attached hydrogens (tertiary/aromatic N) is 2. The molecule has 1 N–H and O–H groups in total. The van der Waals surface area contributed by atoms with Crippen LogP contribution in [0.2, 0.25) is 0 Å². The molecular formula is C15H21N3O. The SMILES string of the molecule is CNC(Cc1nc(Cc2ccccc2)no1)C(C)C. The number of aromatic nitrogens is 2. The highest BCUT2D eigenvalue weighted by Gasteiger charge is 2.16. The molecule has 0 aliphatic heterocycles. The van der Waals surface area contributed by atoms with Gasteiger partial charge in [0.05, 0.1) is 0 Å². The predicted octanol–water partition coefficient (Wildman–Crippen LogP) is 2.45. The van der Waals surface area contributed by atoms with Gasteiger partial charge in [0.1, 0.15) is 0 Å². The molecule has 19 heavy (non-hydrogen) atoms. The summed E-state index contributed by atoms with van der Waals surface area (Å²) in [6, 6.07) is 10.6. The van der Waals surface area contributed by atoms with Crippen LogP contribution < -0.4 is 5.32 Å². The fourth-order valence-electron chi connectivity index (χ4n) is 2.08. The Bertz CT molecular complexity index is 493. The molecule has 0 radical (unpaired) electrons. The maximum atomic E-state index is 5.32. The van der Waals surface area contributed by atoms with Crippen molar-refractivity contribution in [1.29, 1.82) is 0 Å². The highest BCUT2D eigenvalue weighted by molar-refractivity contribution is 5.18. The van der Waals surface area contributed by atoms with Crippen molar-refractivity contribution in [3.8, 4) is 0 Å². The standard InChI is InChI=1S/C15H21N3O/c1-11(2)13(16-3)10-15-17-14(18-19-15)9-12-7-5-4-6-8-12/h4-8,11,13,16H,9-10H2,1-3H3. The van der Waals surface area contributed by atoms with Crippen molar-refractivity contribution in [1.82, 2.24) is 15.5 Å². The topological polar surface area (TPSA) is 51.0 Å². The van der Waals surface area contributed by atoms with Gasteiger partial charge in [0.25, 0.3) is 0 Å². The van der Waals surface area contributed by atoms with E-state index in [-0.39, 0.29) is 0 Å². The maximum absolute atomic E-state index is 5.32. The molecule has 2 aromatic rings. The Balaban J connectivity index is 1.99. The first-order valence-corrected chi connectivity index (χ1v) is 6.71. The molecule has 0 aliphatic carbocycles. The Hall–Kier alpha value is -1.68. The van der Waals surface area contributed by atoms with Crippen LogP contribution >= 0.6 is 0 Å². The van der Waals surface area contributed by atoms with E-state index in [1.165, 1.54) is 5.56 Å². The van der Waals surface area contributed by atoms with E-state index in [1.807, 2.05) is 25.2 Å². The van der Waals surface area contributed by atoms with Gasteiger partial charge in [-0.1, -0.05) is 49.3 Å². The monoisotopic (exact) mass is 259 g/mol. The van der Waals surface area contributed by atoms with Crippen LogP contribution in [0.1, 0.15) is 31.1 Å². The van der Waals surface area contributed by atoms with Gasteiger partial charge >= 0.3 is 0 Å². The van der Waals surface area contributed by atoms with Gasteiger partial charge in [-0.2, -0.15) is 4.98 Å². The lowest BCUT2D eigenvalue weighted by Crippen LogP contribution is -2.32. The van der Waals surface area contributed by atoms with Crippen LogP contribution in [0.4, 0.5) is 0 Å². The van der Waals surface area contributed by atoms with Crippen molar-refractivity contribution in [2.45, 2.75) is 32.7 Å². The molecule has 4 nitrogen and oxygen atoms in total. The van der Waals surface area contributed by atoms with E-state index in [1.54, 1.807) is 0 Å². The van der Waals surface area contributed by atoms with Crippen LogP contribution in [0.15, 0.2) is 34.9 Å². The fraction of sp³-hybridized carbons (Fsp3) is 0.467. The molecule has 0 aliphatic rings. The number of benzene rings is 1. The molecule has 0 amide bonds. The van der Waals surface area contributed by atoms with E-state index in [0.717, 1.165) is 18.7 Å². The zero-order valence-corrected chi connectivity index (χ0v) is 11.8. The summed E-state index contributed by atoms with van der Waals surface area (Å²) in [4.78, 5) is 4.46. The van der Waals surface area contributed by atoms with Crippen molar-refractivity contribution in [2.24, 2.45) is 5.92 Å². The summed E-state index contributed by atoms with van der Waals surface area (Å²) >= 11 is 0. The zero-order chi connectivity index (χ0) is 13.7. The zero-order valence-electron chi connectivity index (χ0n) is 11.8. The highest BCUT2D eigenvalue weighted by atomic mass is 16.5. The first-order valence-electron chi connectivity index (χ1n) is 6.71. The Morgan fingerprint density at radius 3 is 2.58 bits per heavy atom. The van der Waals surface area contributed by atoms with E-state index < -0.39 is 0 Å². The smallest absolute Gasteiger partial charge is 0.228 e. The van der Waals surface area contributed by atoms with Crippen LogP contribution in [-0.2, 0) is 12.8 Å². The van der Waals surface area contributed by atoms with Gasteiger partial charge in [-0.3, -0.25) is 0 Å². The van der Waals surface area contributed by atoms with Crippen LogP contribution in [0.5, 0.6) is 0 Å². The summed E-state index contributed by atoms with van der Waals surface area (Å²) in [6.07, 6.45) is 1.49. The molecule has 1 heterocycles. The van der Waals surface area contributed by atoms with Gasteiger partial charge in [-0.15, -0.1) is 0 Å².